The summed E-state index contributed by atoms with van der Waals surface area (Å²) in [5, 5.41) is 3.10. The van der Waals surface area contributed by atoms with Gasteiger partial charge in [-0.2, -0.15) is 0 Å². The lowest BCUT2D eigenvalue weighted by Gasteiger charge is -2.21. The summed E-state index contributed by atoms with van der Waals surface area (Å²) >= 11 is 0. The summed E-state index contributed by atoms with van der Waals surface area (Å²) in [6.07, 6.45) is 5.81. The number of hydrogen-bond donors (Lipinski definition) is 2. The van der Waals surface area contributed by atoms with Crippen LogP contribution in [0.25, 0.3) is 0 Å². The summed E-state index contributed by atoms with van der Waals surface area (Å²) in [5.41, 5.74) is 0. The second kappa shape index (κ2) is 7.25. The molecule has 0 unspecified atom stereocenters. The van der Waals surface area contributed by atoms with Crippen LogP contribution in [0.4, 0.5) is 0 Å². The van der Waals surface area contributed by atoms with Gasteiger partial charge in [-0.3, -0.25) is 0 Å². The molecule has 1 fully saturated rings. The Kier molecular flexibility index (Phi) is 6.31. The number of likely N-dealkylation sites (N-methyl/N-ethyl adjacent to an activating group) is 1. The van der Waals surface area contributed by atoms with Gasteiger partial charge in [0.1, 0.15) is 0 Å². The normalized spacial score (nSPS) is 18.8. The van der Waals surface area contributed by atoms with Crippen molar-refractivity contribution in [3.05, 3.63) is 0 Å². The average Bonchev–Trinajstić information content (AvgIpc) is 2.25. The quantitative estimate of drug-likeness (QED) is 0.663. The van der Waals surface area contributed by atoms with E-state index in [-0.39, 0.29) is 0 Å². The first-order valence-electron chi connectivity index (χ1n) is 6.32. The monoisotopic (exact) mass is 248 g/mol. The minimum Gasteiger partial charge on any atom is -0.316 e. The predicted molar refractivity (Wildman–Crippen MR) is 66.9 cm³/mol. The molecule has 0 aromatic rings. The second-order valence-corrected chi connectivity index (χ2v) is 6.38. The summed E-state index contributed by atoms with van der Waals surface area (Å²) in [4.78, 5) is 0. The van der Waals surface area contributed by atoms with E-state index in [0.29, 0.717) is 24.8 Å². The summed E-state index contributed by atoms with van der Waals surface area (Å²) in [5.74, 6) is 0.699. The first-order chi connectivity index (χ1) is 7.64. The molecule has 1 aliphatic rings. The van der Waals surface area contributed by atoms with E-state index >= 15 is 0 Å². The Morgan fingerprint density at radius 1 is 1.12 bits per heavy atom. The van der Waals surface area contributed by atoms with Crippen LogP contribution < -0.4 is 10.0 Å². The maximum Gasteiger partial charge on any atom is 0.211 e. The second-order valence-electron chi connectivity index (χ2n) is 4.53. The van der Waals surface area contributed by atoms with Gasteiger partial charge in [-0.05, 0) is 25.3 Å². The zero-order valence-electron chi connectivity index (χ0n) is 10.2. The fourth-order valence-electron chi connectivity index (χ4n) is 2.19. The van der Waals surface area contributed by atoms with E-state index in [1.165, 1.54) is 19.3 Å². The first-order valence-corrected chi connectivity index (χ1v) is 7.97. The molecule has 1 rings (SSSR count). The average molecular weight is 248 g/mol. The lowest BCUT2D eigenvalue weighted by molar-refractivity contribution is 0.384. The molecule has 1 saturated carbocycles. The van der Waals surface area contributed by atoms with Crippen molar-refractivity contribution in [3.63, 3.8) is 0 Å². The molecule has 1 aliphatic carbocycles. The zero-order chi connectivity index (χ0) is 11.9. The Bertz CT molecular complexity index is 272. The number of sulfonamides is 1. The lowest BCUT2D eigenvalue weighted by Crippen LogP contribution is -2.35. The maximum atomic E-state index is 11.7. The number of rotatable bonds is 7. The van der Waals surface area contributed by atoms with Crippen LogP contribution in [0.5, 0.6) is 0 Å². The van der Waals surface area contributed by atoms with Crippen LogP contribution in [0.3, 0.4) is 0 Å². The minimum absolute atomic E-state index is 0.319. The van der Waals surface area contributed by atoms with Crippen LogP contribution in [0, 0.1) is 5.92 Å². The number of hydrogen-bond acceptors (Lipinski definition) is 3. The molecule has 4 nitrogen and oxygen atoms in total. The van der Waals surface area contributed by atoms with Crippen molar-refractivity contribution in [2.45, 2.75) is 39.0 Å². The highest BCUT2D eigenvalue weighted by Gasteiger charge is 2.20. The minimum atomic E-state index is -3.05. The van der Waals surface area contributed by atoms with Gasteiger partial charge in [-0.1, -0.05) is 26.2 Å². The maximum absolute atomic E-state index is 11.7. The smallest absolute Gasteiger partial charge is 0.211 e. The van der Waals surface area contributed by atoms with Gasteiger partial charge in [0.05, 0.1) is 5.75 Å². The van der Waals surface area contributed by atoms with Gasteiger partial charge in [0.25, 0.3) is 0 Å². The molecule has 0 radical (unpaired) electrons. The summed E-state index contributed by atoms with van der Waals surface area (Å²) < 4.78 is 26.1. The van der Waals surface area contributed by atoms with Crippen LogP contribution in [-0.4, -0.2) is 33.8 Å². The van der Waals surface area contributed by atoms with Crippen LogP contribution >= 0.6 is 0 Å². The molecule has 5 heteroatoms. The third-order valence-corrected chi connectivity index (χ3v) is 4.61. The molecule has 0 aromatic heterocycles. The molecule has 0 bridgehead atoms. The van der Waals surface area contributed by atoms with E-state index in [9.17, 15) is 8.42 Å². The highest BCUT2D eigenvalue weighted by Crippen LogP contribution is 2.24. The summed E-state index contributed by atoms with van der Waals surface area (Å²) in [6, 6.07) is 0. The molecular formula is C11H24N2O2S. The Hall–Kier alpha value is -0.130. The van der Waals surface area contributed by atoms with Gasteiger partial charge in [-0.15, -0.1) is 0 Å². The van der Waals surface area contributed by atoms with Crippen molar-refractivity contribution in [1.29, 1.82) is 0 Å². The Labute approximate surface area is 99.2 Å². The largest absolute Gasteiger partial charge is 0.316 e. The Morgan fingerprint density at radius 2 is 1.81 bits per heavy atom. The van der Waals surface area contributed by atoms with E-state index in [1.807, 2.05) is 6.92 Å². The van der Waals surface area contributed by atoms with Gasteiger partial charge in [0, 0.05) is 13.1 Å². The SMILES string of the molecule is CCNCCNS(=O)(=O)CC1CCCCC1. The predicted octanol–water partition coefficient (Wildman–Crippen LogP) is 1.10. The van der Waals surface area contributed by atoms with Crippen LogP contribution in [-0.2, 0) is 10.0 Å². The third-order valence-electron chi connectivity index (χ3n) is 3.05. The topological polar surface area (TPSA) is 58.2 Å². The van der Waals surface area contributed by atoms with Crippen LogP contribution in [0.2, 0.25) is 0 Å². The molecule has 0 heterocycles. The van der Waals surface area contributed by atoms with Gasteiger partial charge in [0.15, 0.2) is 0 Å². The molecule has 2 N–H and O–H groups in total. The third kappa shape index (κ3) is 5.82. The standard InChI is InChI=1S/C11H24N2O2S/c1-2-12-8-9-13-16(14,15)10-11-6-4-3-5-7-11/h11-13H,2-10H2,1H3. The van der Waals surface area contributed by atoms with Gasteiger partial charge < -0.3 is 5.32 Å². The molecule has 16 heavy (non-hydrogen) atoms. The van der Waals surface area contributed by atoms with Crippen molar-refractivity contribution in [3.8, 4) is 0 Å². The van der Waals surface area contributed by atoms with E-state index in [0.717, 1.165) is 19.4 Å². The Balaban J connectivity index is 2.22. The van der Waals surface area contributed by atoms with Crippen molar-refractivity contribution >= 4 is 10.0 Å². The van der Waals surface area contributed by atoms with Crippen molar-refractivity contribution in [2.75, 3.05) is 25.4 Å². The van der Waals surface area contributed by atoms with Gasteiger partial charge in [-0.25, -0.2) is 13.1 Å². The molecule has 0 spiro atoms. The van der Waals surface area contributed by atoms with E-state index in [4.69, 9.17) is 0 Å². The fourth-order valence-corrected chi connectivity index (χ4v) is 3.68. The van der Waals surface area contributed by atoms with E-state index in [1.54, 1.807) is 0 Å². The van der Waals surface area contributed by atoms with E-state index in [2.05, 4.69) is 10.0 Å². The Morgan fingerprint density at radius 3 is 2.44 bits per heavy atom. The van der Waals surface area contributed by atoms with E-state index < -0.39 is 10.0 Å². The number of nitrogens with one attached hydrogen (secondary N) is 2. The van der Waals surface area contributed by atoms with Crippen molar-refractivity contribution in [1.82, 2.24) is 10.0 Å². The van der Waals surface area contributed by atoms with Crippen LogP contribution in [0.15, 0.2) is 0 Å². The zero-order valence-corrected chi connectivity index (χ0v) is 11.0. The highest BCUT2D eigenvalue weighted by atomic mass is 32.2. The van der Waals surface area contributed by atoms with Crippen molar-refractivity contribution < 1.29 is 8.42 Å². The van der Waals surface area contributed by atoms with Gasteiger partial charge in [0.2, 0.25) is 10.0 Å². The fraction of sp³-hybridized carbons (Fsp3) is 1.00. The van der Waals surface area contributed by atoms with Crippen LogP contribution in [0.1, 0.15) is 39.0 Å². The summed E-state index contributed by atoms with van der Waals surface area (Å²) in [7, 11) is -3.05. The molecule has 96 valence electrons. The highest BCUT2D eigenvalue weighted by molar-refractivity contribution is 7.89. The lowest BCUT2D eigenvalue weighted by atomic mass is 9.91. The molecular weight excluding hydrogens is 224 g/mol. The molecule has 0 saturated heterocycles. The molecule has 0 aromatic carbocycles. The van der Waals surface area contributed by atoms with Gasteiger partial charge >= 0.3 is 0 Å². The molecule has 0 atom stereocenters. The first kappa shape index (κ1) is 13.9. The molecule has 0 amide bonds. The summed E-state index contributed by atoms with van der Waals surface area (Å²) in [6.45, 7) is 4.10. The molecule has 0 aliphatic heterocycles. The van der Waals surface area contributed by atoms with Crippen molar-refractivity contribution in [2.24, 2.45) is 5.92 Å².